The summed E-state index contributed by atoms with van der Waals surface area (Å²) in [5, 5.41) is 0. The number of rotatable bonds is 3. The highest BCUT2D eigenvalue weighted by atomic mass is 16.1. The van der Waals surface area contributed by atoms with Crippen LogP contribution in [0.15, 0.2) is 54.1 Å². The van der Waals surface area contributed by atoms with Gasteiger partial charge in [0.25, 0.3) is 0 Å². The van der Waals surface area contributed by atoms with Crippen molar-refractivity contribution in [3.05, 3.63) is 59.7 Å². The van der Waals surface area contributed by atoms with E-state index < -0.39 is 0 Å². The molecular weight excluding hydrogens is 196 g/mol. The van der Waals surface area contributed by atoms with Gasteiger partial charge in [0.15, 0.2) is 5.78 Å². The van der Waals surface area contributed by atoms with Crippen molar-refractivity contribution in [1.29, 1.82) is 0 Å². The van der Waals surface area contributed by atoms with E-state index in [0.717, 1.165) is 11.1 Å². The highest BCUT2D eigenvalue weighted by Crippen LogP contribution is 2.28. The van der Waals surface area contributed by atoms with Gasteiger partial charge >= 0.3 is 0 Å². The summed E-state index contributed by atoms with van der Waals surface area (Å²) in [7, 11) is 0. The topological polar surface area (TPSA) is 17.1 Å². The number of benzene rings is 1. The third-order valence-electron chi connectivity index (χ3n) is 2.75. The first-order valence-corrected chi connectivity index (χ1v) is 5.56. The average Bonchev–Trinajstić information content (AvgIpc) is 2.60. The fraction of sp³-hybridized carbons (Fsp3) is 0.267. The van der Waals surface area contributed by atoms with Gasteiger partial charge in [0.2, 0.25) is 0 Å². The summed E-state index contributed by atoms with van der Waals surface area (Å²) in [6.07, 6.45) is 6.54. The summed E-state index contributed by atoms with van der Waals surface area (Å²) in [4.78, 5) is 12.0. The average molecular weight is 212 g/mol. The molecule has 0 saturated heterocycles. The molecule has 0 aromatic heterocycles. The molecule has 0 radical (unpaired) electrons. The number of Topliss-reactive ketones (excluding diaryl/α,β-unsaturated/α-hetero) is 1. The van der Waals surface area contributed by atoms with Crippen LogP contribution in [0.3, 0.4) is 0 Å². The van der Waals surface area contributed by atoms with Crippen LogP contribution in [0.5, 0.6) is 0 Å². The summed E-state index contributed by atoms with van der Waals surface area (Å²) in [5.41, 5.74) is 1.95. The molecule has 0 spiro atoms. The van der Waals surface area contributed by atoms with E-state index in [4.69, 9.17) is 0 Å². The van der Waals surface area contributed by atoms with Crippen LogP contribution >= 0.6 is 0 Å². The maximum Gasteiger partial charge on any atom is 0.166 e. The quantitative estimate of drug-likeness (QED) is 0.751. The van der Waals surface area contributed by atoms with Crippen LogP contribution in [0.4, 0.5) is 0 Å². The maximum atomic E-state index is 12.0. The van der Waals surface area contributed by atoms with Gasteiger partial charge in [0.1, 0.15) is 0 Å². The van der Waals surface area contributed by atoms with Crippen molar-refractivity contribution in [2.75, 3.05) is 0 Å². The Hall–Kier alpha value is -1.63. The first kappa shape index (κ1) is 10.9. The predicted molar refractivity (Wildman–Crippen MR) is 66.2 cm³/mol. The van der Waals surface area contributed by atoms with E-state index in [1.807, 2.05) is 42.5 Å². The molecule has 1 aromatic rings. The van der Waals surface area contributed by atoms with E-state index >= 15 is 0 Å². The van der Waals surface area contributed by atoms with Gasteiger partial charge in [-0.1, -0.05) is 62.4 Å². The number of hydrogen-bond acceptors (Lipinski definition) is 1. The zero-order valence-corrected chi connectivity index (χ0v) is 9.73. The second kappa shape index (κ2) is 4.09. The van der Waals surface area contributed by atoms with Gasteiger partial charge in [0.05, 0.1) is 0 Å². The van der Waals surface area contributed by atoms with Crippen LogP contribution in [0.25, 0.3) is 0 Å². The normalized spacial score (nSPS) is 17.2. The molecule has 0 fully saturated rings. The molecule has 82 valence electrons. The minimum absolute atomic E-state index is 0.0294. The van der Waals surface area contributed by atoms with Gasteiger partial charge in [0, 0.05) is 17.4 Å². The molecule has 0 amide bonds. The predicted octanol–water partition coefficient (Wildman–Crippen LogP) is 3.32. The van der Waals surface area contributed by atoms with Crippen LogP contribution in [0.1, 0.15) is 19.4 Å². The fourth-order valence-electron chi connectivity index (χ4n) is 1.86. The molecule has 0 unspecified atom stereocenters. The molecule has 1 aliphatic carbocycles. The second-order valence-electron chi connectivity index (χ2n) is 4.84. The van der Waals surface area contributed by atoms with Crippen molar-refractivity contribution in [2.24, 2.45) is 5.41 Å². The van der Waals surface area contributed by atoms with Gasteiger partial charge < -0.3 is 0 Å². The lowest BCUT2D eigenvalue weighted by atomic mass is 9.95. The van der Waals surface area contributed by atoms with Crippen molar-refractivity contribution in [3.63, 3.8) is 0 Å². The van der Waals surface area contributed by atoms with Gasteiger partial charge in [-0.3, -0.25) is 4.79 Å². The third-order valence-corrected chi connectivity index (χ3v) is 2.75. The largest absolute Gasteiger partial charge is 0.294 e. The highest BCUT2D eigenvalue weighted by Gasteiger charge is 2.20. The van der Waals surface area contributed by atoms with E-state index in [1.54, 1.807) is 0 Å². The third kappa shape index (κ3) is 2.48. The molecule has 0 bridgehead atoms. The fourth-order valence-corrected chi connectivity index (χ4v) is 1.86. The van der Waals surface area contributed by atoms with Crippen LogP contribution in [0, 0.1) is 5.41 Å². The highest BCUT2D eigenvalue weighted by molar-refractivity contribution is 6.00. The molecule has 1 aromatic carbocycles. The summed E-state index contributed by atoms with van der Waals surface area (Å²) in [6.45, 7) is 4.21. The Morgan fingerprint density at radius 1 is 1.19 bits per heavy atom. The zero-order valence-electron chi connectivity index (χ0n) is 9.73. The first-order chi connectivity index (χ1) is 7.57. The summed E-state index contributed by atoms with van der Waals surface area (Å²) in [5.74, 6) is 0.202. The molecule has 1 aliphatic rings. The van der Waals surface area contributed by atoms with E-state index in [-0.39, 0.29) is 11.2 Å². The van der Waals surface area contributed by atoms with E-state index in [9.17, 15) is 4.79 Å². The van der Waals surface area contributed by atoms with Crippen molar-refractivity contribution < 1.29 is 4.79 Å². The van der Waals surface area contributed by atoms with E-state index in [0.29, 0.717) is 6.42 Å². The lowest BCUT2D eigenvalue weighted by Gasteiger charge is -2.09. The number of carbonyl (C=O) groups excluding carboxylic acids is 1. The van der Waals surface area contributed by atoms with Gasteiger partial charge in [-0.25, -0.2) is 0 Å². The minimum atomic E-state index is 0.0294. The van der Waals surface area contributed by atoms with Gasteiger partial charge in [-0.15, -0.1) is 0 Å². The van der Waals surface area contributed by atoms with Crippen LogP contribution < -0.4 is 0 Å². The van der Waals surface area contributed by atoms with Gasteiger partial charge in [-0.2, -0.15) is 0 Å². The molecule has 0 saturated carbocycles. The summed E-state index contributed by atoms with van der Waals surface area (Å²) < 4.78 is 0. The second-order valence-corrected chi connectivity index (χ2v) is 4.84. The smallest absolute Gasteiger partial charge is 0.166 e. The van der Waals surface area contributed by atoms with E-state index in [2.05, 4.69) is 19.9 Å². The van der Waals surface area contributed by atoms with Crippen LogP contribution in [-0.4, -0.2) is 5.78 Å². The van der Waals surface area contributed by atoms with Crippen LogP contribution in [0.2, 0.25) is 0 Å². The monoisotopic (exact) mass is 212 g/mol. The molecule has 1 heteroatoms. The molecule has 0 N–H and O–H groups in total. The summed E-state index contributed by atoms with van der Waals surface area (Å²) in [6, 6.07) is 9.87. The molecule has 0 atom stereocenters. The SMILES string of the molecule is CC1(C)C=CC(C(=O)Cc2ccccc2)=C1. The summed E-state index contributed by atoms with van der Waals surface area (Å²) >= 11 is 0. The molecule has 16 heavy (non-hydrogen) atoms. The zero-order chi connectivity index (χ0) is 11.6. The van der Waals surface area contributed by atoms with Crippen molar-refractivity contribution in [1.82, 2.24) is 0 Å². The number of allylic oxidation sites excluding steroid dienone is 4. The van der Waals surface area contributed by atoms with Gasteiger partial charge in [-0.05, 0) is 5.56 Å². The standard InChI is InChI=1S/C15H16O/c1-15(2)9-8-13(11-15)14(16)10-12-6-4-3-5-7-12/h3-9,11H,10H2,1-2H3. The minimum Gasteiger partial charge on any atom is -0.294 e. The molecule has 2 rings (SSSR count). The van der Waals surface area contributed by atoms with Crippen molar-refractivity contribution in [3.8, 4) is 0 Å². The Morgan fingerprint density at radius 3 is 2.44 bits per heavy atom. The molecular formula is C15H16O. The van der Waals surface area contributed by atoms with Crippen molar-refractivity contribution >= 4 is 5.78 Å². The Kier molecular flexibility index (Phi) is 2.78. The molecule has 0 heterocycles. The number of hydrogen-bond donors (Lipinski definition) is 0. The first-order valence-electron chi connectivity index (χ1n) is 5.56. The Bertz CT molecular complexity index is 450. The molecule has 0 aliphatic heterocycles. The van der Waals surface area contributed by atoms with Crippen molar-refractivity contribution in [2.45, 2.75) is 20.3 Å². The Labute approximate surface area is 96.5 Å². The lowest BCUT2D eigenvalue weighted by Crippen LogP contribution is -2.05. The van der Waals surface area contributed by atoms with E-state index in [1.165, 1.54) is 0 Å². The van der Waals surface area contributed by atoms with Crippen LogP contribution in [-0.2, 0) is 11.2 Å². The maximum absolute atomic E-state index is 12.0. The number of carbonyl (C=O) groups is 1. The lowest BCUT2D eigenvalue weighted by molar-refractivity contribution is -0.114. The molecule has 1 nitrogen and oxygen atoms in total. The Morgan fingerprint density at radius 2 is 1.88 bits per heavy atom. The Balaban J connectivity index is 2.09. The number of ketones is 1.